The van der Waals surface area contributed by atoms with Crippen LogP contribution in [0.3, 0.4) is 0 Å². The molecule has 2 aromatic carbocycles. The Morgan fingerprint density at radius 3 is 2.35 bits per heavy atom. The molecule has 4 nitrogen and oxygen atoms in total. The number of piperazine rings is 1. The van der Waals surface area contributed by atoms with Crippen molar-refractivity contribution in [1.82, 2.24) is 19.6 Å². The third-order valence-electron chi connectivity index (χ3n) is 7.80. The number of thiocarbonyl (C=S) groups is 1. The molecule has 0 aromatic heterocycles. The first-order valence-corrected chi connectivity index (χ1v) is 13.3. The van der Waals surface area contributed by atoms with Crippen molar-refractivity contribution in [1.29, 1.82) is 0 Å². The number of rotatable bonds is 6. The zero-order chi connectivity index (χ0) is 23.8. The fraction of sp³-hybridized carbons (Fsp3) is 0.519. The van der Waals surface area contributed by atoms with Crippen LogP contribution in [0.25, 0.3) is 0 Å². The number of hydrogen-bond acceptors (Lipinski definition) is 3. The minimum Gasteiger partial charge on any atom is -0.346 e. The highest BCUT2D eigenvalue weighted by molar-refractivity contribution is 7.80. The fourth-order valence-corrected chi connectivity index (χ4v) is 6.50. The van der Waals surface area contributed by atoms with E-state index in [0.29, 0.717) is 12.1 Å². The lowest BCUT2D eigenvalue weighted by Gasteiger charge is -2.39. The molecule has 2 aromatic rings. The van der Waals surface area contributed by atoms with Crippen LogP contribution in [-0.2, 0) is 0 Å². The summed E-state index contributed by atoms with van der Waals surface area (Å²) in [6.07, 6.45) is 1.02. The summed E-state index contributed by atoms with van der Waals surface area (Å²) in [6, 6.07) is 14.2. The van der Waals surface area contributed by atoms with Gasteiger partial charge in [0, 0.05) is 75.4 Å². The molecule has 0 N–H and O–H groups in total. The van der Waals surface area contributed by atoms with Crippen LogP contribution in [0.4, 0.5) is 4.39 Å². The second kappa shape index (κ2) is 10.1. The molecule has 0 saturated carbocycles. The van der Waals surface area contributed by atoms with Gasteiger partial charge in [-0.3, -0.25) is 9.80 Å². The first-order valence-electron chi connectivity index (χ1n) is 12.5. The van der Waals surface area contributed by atoms with E-state index in [4.69, 9.17) is 23.8 Å². The second-order valence-corrected chi connectivity index (χ2v) is 10.9. The van der Waals surface area contributed by atoms with Crippen LogP contribution in [0, 0.1) is 5.82 Å². The molecule has 5 rings (SSSR count). The summed E-state index contributed by atoms with van der Waals surface area (Å²) in [5, 5.41) is 1.79. The third-order valence-corrected chi connectivity index (χ3v) is 8.53. The van der Waals surface area contributed by atoms with Gasteiger partial charge in [0.2, 0.25) is 0 Å². The van der Waals surface area contributed by atoms with Crippen molar-refractivity contribution in [2.75, 3.05) is 52.4 Å². The van der Waals surface area contributed by atoms with Gasteiger partial charge in [-0.15, -0.1) is 0 Å². The Bertz CT molecular complexity index is 1020. The van der Waals surface area contributed by atoms with E-state index in [9.17, 15) is 4.39 Å². The molecule has 1 aliphatic carbocycles. The van der Waals surface area contributed by atoms with Crippen molar-refractivity contribution in [2.24, 2.45) is 0 Å². The van der Waals surface area contributed by atoms with Gasteiger partial charge in [-0.1, -0.05) is 29.8 Å². The van der Waals surface area contributed by atoms with Crippen molar-refractivity contribution in [2.45, 2.75) is 38.3 Å². The normalized spacial score (nSPS) is 23.9. The zero-order valence-electron chi connectivity index (χ0n) is 20.1. The Morgan fingerprint density at radius 2 is 1.68 bits per heavy atom. The average molecular weight is 501 g/mol. The first-order chi connectivity index (χ1) is 16.4. The maximum absolute atomic E-state index is 13.5. The minimum atomic E-state index is -0.188. The van der Waals surface area contributed by atoms with E-state index in [1.165, 1.54) is 16.7 Å². The van der Waals surface area contributed by atoms with Gasteiger partial charge in [-0.05, 0) is 73.4 Å². The van der Waals surface area contributed by atoms with Crippen molar-refractivity contribution in [3.63, 3.8) is 0 Å². The molecule has 182 valence electrons. The van der Waals surface area contributed by atoms with Gasteiger partial charge < -0.3 is 9.80 Å². The highest BCUT2D eigenvalue weighted by Gasteiger charge is 2.37. The van der Waals surface area contributed by atoms with Crippen molar-refractivity contribution in [3.8, 4) is 0 Å². The molecular weight excluding hydrogens is 467 g/mol. The van der Waals surface area contributed by atoms with Gasteiger partial charge in [-0.25, -0.2) is 4.39 Å². The zero-order valence-corrected chi connectivity index (χ0v) is 21.7. The molecule has 2 fully saturated rings. The van der Waals surface area contributed by atoms with Gasteiger partial charge in [0.25, 0.3) is 0 Å². The van der Waals surface area contributed by atoms with Gasteiger partial charge in [0.1, 0.15) is 5.82 Å². The molecule has 0 radical (unpaired) electrons. The Kier molecular flexibility index (Phi) is 7.12. The molecule has 7 heteroatoms. The lowest BCUT2D eigenvalue weighted by Crippen LogP contribution is -2.49. The number of halogens is 2. The van der Waals surface area contributed by atoms with Crippen LogP contribution < -0.4 is 0 Å². The maximum Gasteiger partial charge on any atom is 0.171 e. The SMILES string of the molecule is CC(C)N1CCN(CCN2CCN([C@@H]3C[C@@H](c4ccc(F)cc4)c4cc(Cl)ccc43)CC2)C1=S. The summed E-state index contributed by atoms with van der Waals surface area (Å²) in [6.45, 7) is 12.9. The van der Waals surface area contributed by atoms with Crippen molar-refractivity contribution >= 4 is 28.9 Å². The lowest BCUT2D eigenvalue weighted by atomic mass is 9.93. The number of fused-ring (bicyclic) bond motifs is 1. The van der Waals surface area contributed by atoms with Gasteiger partial charge in [0.15, 0.2) is 5.11 Å². The van der Waals surface area contributed by atoms with E-state index in [0.717, 1.165) is 68.9 Å². The third kappa shape index (κ3) is 4.83. The highest BCUT2D eigenvalue weighted by atomic mass is 35.5. The maximum atomic E-state index is 13.5. The lowest BCUT2D eigenvalue weighted by molar-refractivity contribution is 0.0920. The van der Waals surface area contributed by atoms with Crippen LogP contribution in [0.5, 0.6) is 0 Å². The van der Waals surface area contributed by atoms with E-state index >= 15 is 0 Å². The summed E-state index contributed by atoms with van der Waals surface area (Å²) in [7, 11) is 0. The number of benzene rings is 2. The Balaban J connectivity index is 1.20. The van der Waals surface area contributed by atoms with Crippen LogP contribution in [0.15, 0.2) is 42.5 Å². The molecule has 0 unspecified atom stereocenters. The fourth-order valence-electron chi connectivity index (χ4n) is 5.83. The molecule has 0 amide bonds. The standard InChI is InChI=1S/C27H34ClFN4S/c1-19(2)33-16-15-32(27(33)34)14-11-30-9-12-31(13-10-30)26-18-24(20-3-6-22(29)7-4-20)25-17-21(28)5-8-23(25)26/h3-8,17,19,24,26H,9-16,18H2,1-2H3/t24-,26+/m0/s1. The number of nitrogens with zero attached hydrogens (tertiary/aromatic N) is 4. The van der Waals surface area contributed by atoms with Gasteiger partial charge in [0.05, 0.1) is 0 Å². The average Bonchev–Trinajstić information content (AvgIpc) is 3.39. The topological polar surface area (TPSA) is 13.0 Å². The van der Waals surface area contributed by atoms with E-state index in [-0.39, 0.29) is 11.7 Å². The molecular formula is C27H34ClFN4S. The van der Waals surface area contributed by atoms with E-state index in [1.54, 1.807) is 12.1 Å². The molecule has 2 saturated heterocycles. The summed E-state index contributed by atoms with van der Waals surface area (Å²) < 4.78 is 13.5. The van der Waals surface area contributed by atoms with Crippen LogP contribution in [-0.4, -0.2) is 83.1 Å². The van der Waals surface area contributed by atoms with E-state index in [1.807, 2.05) is 18.2 Å². The Labute approximate surface area is 213 Å². The predicted molar refractivity (Wildman–Crippen MR) is 141 cm³/mol. The Hall–Kier alpha value is -1.73. The second-order valence-electron chi connectivity index (χ2n) is 10.1. The Morgan fingerprint density at radius 1 is 0.941 bits per heavy atom. The van der Waals surface area contributed by atoms with Gasteiger partial charge in [-0.2, -0.15) is 0 Å². The van der Waals surface area contributed by atoms with Crippen molar-refractivity contribution < 1.29 is 4.39 Å². The summed E-state index contributed by atoms with van der Waals surface area (Å²) in [4.78, 5) is 9.90. The van der Waals surface area contributed by atoms with E-state index in [2.05, 4.69) is 45.6 Å². The molecule has 0 spiro atoms. The molecule has 2 aliphatic heterocycles. The molecule has 34 heavy (non-hydrogen) atoms. The largest absolute Gasteiger partial charge is 0.346 e. The number of hydrogen-bond donors (Lipinski definition) is 0. The minimum absolute atomic E-state index is 0.188. The molecule has 2 heterocycles. The van der Waals surface area contributed by atoms with Crippen LogP contribution in [0.1, 0.15) is 48.9 Å². The smallest absolute Gasteiger partial charge is 0.171 e. The monoisotopic (exact) mass is 500 g/mol. The molecule has 0 bridgehead atoms. The van der Waals surface area contributed by atoms with Crippen molar-refractivity contribution in [3.05, 3.63) is 70.0 Å². The molecule has 2 atom stereocenters. The summed E-state index contributed by atoms with van der Waals surface area (Å²) in [5.41, 5.74) is 3.84. The van der Waals surface area contributed by atoms with E-state index < -0.39 is 0 Å². The van der Waals surface area contributed by atoms with Gasteiger partial charge >= 0.3 is 0 Å². The predicted octanol–water partition coefficient (Wildman–Crippen LogP) is 4.98. The first kappa shape index (κ1) is 24.0. The quantitative estimate of drug-likeness (QED) is 0.517. The van der Waals surface area contributed by atoms with Crippen LogP contribution >= 0.6 is 23.8 Å². The highest BCUT2D eigenvalue weighted by Crippen LogP contribution is 2.47. The summed E-state index contributed by atoms with van der Waals surface area (Å²) in [5.74, 6) is 0.0738. The molecule has 3 aliphatic rings. The summed E-state index contributed by atoms with van der Waals surface area (Å²) >= 11 is 12.1. The van der Waals surface area contributed by atoms with Crippen LogP contribution in [0.2, 0.25) is 5.02 Å².